The summed E-state index contributed by atoms with van der Waals surface area (Å²) in [7, 11) is 2.11. The Labute approximate surface area is 320 Å². The number of nitrogens with one attached hydrogen (secondary N) is 2. The smallest absolute Gasteiger partial charge is 0.407 e. The van der Waals surface area contributed by atoms with Crippen molar-refractivity contribution in [3.8, 4) is 22.5 Å². The number of halogens is 1. The van der Waals surface area contributed by atoms with Crippen molar-refractivity contribution in [1.82, 2.24) is 35.4 Å². The van der Waals surface area contributed by atoms with Crippen LogP contribution in [0, 0.1) is 11.8 Å². The summed E-state index contributed by atoms with van der Waals surface area (Å²) in [5.74, 6) is 0.270. The Balaban J connectivity index is 1.21. The lowest BCUT2D eigenvalue weighted by atomic mass is 9.81. The van der Waals surface area contributed by atoms with Gasteiger partial charge in [0.25, 0.3) is 0 Å². The zero-order valence-corrected chi connectivity index (χ0v) is 32.1. The second-order valence-corrected chi connectivity index (χ2v) is 15.6. The average Bonchev–Trinajstić information content (AvgIpc) is 3.60. The molecule has 0 bridgehead atoms. The van der Waals surface area contributed by atoms with Crippen molar-refractivity contribution in [2.24, 2.45) is 17.6 Å². The first-order valence-corrected chi connectivity index (χ1v) is 18.8. The average molecular weight is 757 g/mol. The minimum absolute atomic E-state index is 0.163. The number of aromatic amines is 1. The molecule has 1 aliphatic carbocycles. The van der Waals surface area contributed by atoms with Crippen molar-refractivity contribution in [2.75, 3.05) is 49.6 Å². The van der Waals surface area contributed by atoms with Crippen molar-refractivity contribution >= 4 is 41.1 Å². The Bertz CT molecular complexity index is 1900. The third-order valence-electron chi connectivity index (χ3n) is 10.00. The van der Waals surface area contributed by atoms with E-state index in [1.165, 1.54) is 0 Å². The van der Waals surface area contributed by atoms with Gasteiger partial charge >= 0.3 is 6.09 Å². The van der Waals surface area contributed by atoms with Crippen LogP contribution < -0.4 is 20.9 Å². The molecule has 1 atom stereocenters. The number of hydrogen-bond donors (Lipinski definition) is 3. The molecule has 1 saturated carbocycles. The molecule has 2 aromatic heterocycles. The quantitative estimate of drug-likeness (QED) is 0.187. The van der Waals surface area contributed by atoms with Gasteiger partial charge < -0.3 is 30.6 Å². The molecule has 4 N–H and O–H groups in total. The number of likely N-dealkylation sites (N-methyl/N-ethyl adjacent to an activating group) is 1. The number of anilines is 2. The van der Waals surface area contributed by atoms with Crippen LogP contribution in [0.5, 0.6) is 0 Å². The van der Waals surface area contributed by atoms with E-state index in [1.807, 2.05) is 57.4 Å². The SMILES string of the molecule is CN1CCN(c2ncc(-c3cccc(C[C@@H](C(N)=O)N(c4ccc(-c5nnc(Cl)[nH]5)cc4)C(=O)[C@H]4CC[C@H](CNC(=O)OC(C)(C)C)CC4)c3)cn2)CC1. The third-order valence-corrected chi connectivity index (χ3v) is 10.2. The van der Waals surface area contributed by atoms with Gasteiger partial charge in [-0.15, -0.1) is 10.2 Å². The van der Waals surface area contributed by atoms with Gasteiger partial charge in [-0.2, -0.15) is 0 Å². The van der Waals surface area contributed by atoms with Crippen LogP contribution in [0.15, 0.2) is 60.9 Å². The highest BCUT2D eigenvalue weighted by molar-refractivity contribution is 6.28. The number of carbonyl (C=O) groups is 3. The van der Waals surface area contributed by atoms with Gasteiger partial charge in [0.1, 0.15) is 11.6 Å². The number of nitrogens with two attached hydrogens (primary N) is 1. The Morgan fingerprint density at radius 1 is 0.963 bits per heavy atom. The van der Waals surface area contributed by atoms with Crippen LogP contribution in [-0.2, 0) is 20.7 Å². The van der Waals surface area contributed by atoms with Crippen molar-refractivity contribution in [1.29, 1.82) is 0 Å². The summed E-state index contributed by atoms with van der Waals surface area (Å²) < 4.78 is 5.39. The van der Waals surface area contributed by atoms with Crippen LogP contribution in [0.3, 0.4) is 0 Å². The van der Waals surface area contributed by atoms with E-state index < -0.39 is 23.6 Å². The third kappa shape index (κ3) is 9.91. The number of ether oxygens (including phenoxy) is 1. The highest BCUT2D eigenvalue weighted by atomic mass is 35.5. The van der Waals surface area contributed by atoms with Crippen molar-refractivity contribution in [2.45, 2.75) is 64.5 Å². The molecule has 54 heavy (non-hydrogen) atoms. The van der Waals surface area contributed by atoms with Crippen molar-refractivity contribution in [3.63, 3.8) is 0 Å². The van der Waals surface area contributed by atoms with E-state index in [4.69, 9.17) is 22.1 Å². The Kier molecular flexibility index (Phi) is 12.1. The van der Waals surface area contributed by atoms with Gasteiger partial charge in [0.15, 0.2) is 5.82 Å². The number of amides is 3. The van der Waals surface area contributed by atoms with E-state index in [-0.39, 0.29) is 29.4 Å². The van der Waals surface area contributed by atoms with E-state index in [9.17, 15) is 14.4 Å². The molecule has 2 fully saturated rings. The topological polar surface area (TPSA) is 176 Å². The van der Waals surface area contributed by atoms with Crippen LogP contribution in [0.2, 0.25) is 5.28 Å². The molecule has 1 aliphatic heterocycles. The Hall–Kier alpha value is -5.08. The minimum Gasteiger partial charge on any atom is -0.444 e. The van der Waals surface area contributed by atoms with Gasteiger partial charge in [-0.05, 0) is 106 Å². The zero-order chi connectivity index (χ0) is 38.4. The standard InChI is InChI=1S/C39H49ClN10O4/c1-39(2,3)54-38(53)44-22-25-8-10-28(11-9-25)35(52)50(31-14-12-27(13-15-31)34-45-36(40)47-46-34)32(33(41)51)21-26-6-5-7-29(20-26)30-23-42-37(43-24-30)49-18-16-48(4)17-19-49/h5-7,12-15,20,23-25,28,32H,8-11,16-19,21-22H2,1-4H3,(H2,41,51)(H,44,53)(H,45,46,47)/t25-,28-,32-/m0/s1. The second kappa shape index (κ2) is 16.9. The molecular weight excluding hydrogens is 708 g/mol. The summed E-state index contributed by atoms with van der Waals surface area (Å²) in [4.78, 5) is 58.4. The number of benzene rings is 2. The molecule has 3 heterocycles. The fraction of sp³-hybridized carbons (Fsp3) is 0.462. The number of H-pyrrole nitrogens is 1. The Morgan fingerprint density at radius 2 is 1.65 bits per heavy atom. The van der Waals surface area contributed by atoms with E-state index in [0.717, 1.165) is 55.7 Å². The van der Waals surface area contributed by atoms with Crippen LogP contribution in [-0.4, -0.2) is 99.4 Å². The van der Waals surface area contributed by atoms with Gasteiger partial charge in [-0.3, -0.25) is 14.5 Å². The summed E-state index contributed by atoms with van der Waals surface area (Å²) in [6.45, 7) is 9.61. The number of piperazine rings is 1. The molecule has 0 unspecified atom stereocenters. The van der Waals surface area contributed by atoms with Crippen molar-refractivity contribution < 1.29 is 19.1 Å². The molecule has 286 valence electrons. The summed E-state index contributed by atoms with van der Waals surface area (Å²) >= 11 is 5.97. The molecule has 14 nitrogen and oxygen atoms in total. The number of carbonyl (C=O) groups excluding carboxylic acids is 3. The van der Waals surface area contributed by atoms with Crippen LogP contribution in [0.1, 0.15) is 52.0 Å². The second-order valence-electron chi connectivity index (χ2n) is 15.2. The van der Waals surface area contributed by atoms with Crippen LogP contribution >= 0.6 is 11.6 Å². The normalized spacial score (nSPS) is 18.5. The van der Waals surface area contributed by atoms with Gasteiger partial charge in [0.2, 0.25) is 23.0 Å². The van der Waals surface area contributed by atoms with E-state index in [1.54, 1.807) is 29.2 Å². The minimum atomic E-state index is -0.972. The molecule has 0 radical (unpaired) electrons. The maximum atomic E-state index is 14.6. The van der Waals surface area contributed by atoms with E-state index in [2.05, 4.69) is 47.3 Å². The largest absolute Gasteiger partial charge is 0.444 e. The molecule has 1 saturated heterocycles. The molecule has 0 spiro atoms. The predicted octanol–water partition coefficient (Wildman–Crippen LogP) is 5.09. The summed E-state index contributed by atoms with van der Waals surface area (Å²) in [5.41, 5.74) is 9.39. The van der Waals surface area contributed by atoms with Gasteiger partial charge in [-0.1, -0.05) is 24.3 Å². The first kappa shape index (κ1) is 38.6. The molecule has 15 heteroatoms. The lowest BCUT2D eigenvalue weighted by Gasteiger charge is -2.36. The number of nitrogens with zero attached hydrogens (tertiary/aromatic N) is 7. The van der Waals surface area contributed by atoms with E-state index in [0.29, 0.717) is 42.4 Å². The highest BCUT2D eigenvalue weighted by Gasteiger charge is 2.36. The first-order chi connectivity index (χ1) is 25.8. The number of aromatic nitrogens is 5. The number of primary amides is 1. The monoisotopic (exact) mass is 756 g/mol. The molecule has 3 amide bonds. The lowest BCUT2D eigenvalue weighted by Crippen LogP contribution is -2.52. The molecule has 6 rings (SSSR count). The summed E-state index contributed by atoms with van der Waals surface area (Å²) in [6, 6.07) is 14.0. The highest BCUT2D eigenvalue weighted by Crippen LogP contribution is 2.34. The molecule has 2 aromatic carbocycles. The maximum absolute atomic E-state index is 14.6. The molecule has 4 aromatic rings. The number of hydrogen-bond acceptors (Lipinski definition) is 10. The summed E-state index contributed by atoms with van der Waals surface area (Å²) in [5, 5.41) is 10.9. The fourth-order valence-electron chi connectivity index (χ4n) is 7.02. The van der Waals surface area contributed by atoms with Gasteiger partial charge in [-0.25, -0.2) is 14.8 Å². The summed E-state index contributed by atoms with van der Waals surface area (Å²) in [6.07, 6.45) is 6.09. The first-order valence-electron chi connectivity index (χ1n) is 18.5. The number of rotatable bonds is 11. The van der Waals surface area contributed by atoms with Crippen molar-refractivity contribution in [3.05, 3.63) is 71.8 Å². The van der Waals surface area contributed by atoms with Gasteiger partial charge in [0.05, 0.1) is 0 Å². The Morgan fingerprint density at radius 3 is 2.26 bits per heavy atom. The van der Waals surface area contributed by atoms with E-state index >= 15 is 0 Å². The maximum Gasteiger partial charge on any atom is 0.407 e. The fourth-order valence-corrected chi connectivity index (χ4v) is 7.15. The van der Waals surface area contributed by atoms with Crippen LogP contribution in [0.25, 0.3) is 22.5 Å². The lowest BCUT2D eigenvalue weighted by molar-refractivity contribution is -0.127. The number of alkyl carbamates (subject to hydrolysis) is 1. The predicted molar refractivity (Wildman–Crippen MR) is 208 cm³/mol. The zero-order valence-electron chi connectivity index (χ0n) is 31.3. The van der Waals surface area contributed by atoms with Crippen LogP contribution in [0.4, 0.5) is 16.4 Å². The molecule has 2 aliphatic rings. The van der Waals surface area contributed by atoms with Gasteiger partial charge in [0, 0.05) is 74.3 Å². The molecular formula is C39H49ClN10O4.